The minimum absolute atomic E-state index is 0.266. The van der Waals surface area contributed by atoms with Crippen LogP contribution in [-0.2, 0) is 16.0 Å². The third-order valence-electron chi connectivity index (χ3n) is 6.55. The van der Waals surface area contributed by atoms with Gasteiger partial charge in [-0.15, -0.1) is 0 Å². The highest BCUT2D eigenvalue weighted by atomic mass is 19.1. The molecule has 0 fully saturated rings. The van der Waals surface area contributed by atoms with Crippen molar-refractivity contribution in [2.24, 2.45) is 0 Å². The summed E-state index contributed by atoms with van der Waals surface area (Å²) < 4.78 is 28.7. The SMILES string of the molecule is Cc1nc2cc(-c3ccccc3)nn2c(-c2cc(F)c3c(c2C)CCCO3)c1[C@H](OC(C)(C)C)C(=O)O. The summed E-state index contributed by atoms with van der Waals surface area (Å²) in [6.45, 7) is 9.52. The summed E-state index contributed by atoms with van der Waals surface area (Å²) >= 11 is 0. The van der Waals surface area contributed by atoms with Crippen LogP contribution in [0.1, 0.15) is 55.7 Å². The molecule has 0 bridgehead atoms. The van der Waals surface area contributed by atoms with Crippen molar-refractivity contribution in [1.29, 1.82) is 0 Å². The maximum atomic E-state index is 15.4. The zero-order valence-electron chi connectivity index (χ0n) is 21.6. The number of hydrogen-bond acceptors (Lipinski definition) is 5. The lowest BCUT2D eigenvalue weighted by molar-refractivity contribution is -0.160. The molecule has 5 rings (SSSR count). The maximum Gasteiger partial charge on any atom is 0.337 e. The second kappa shape index (κ2) is 9.27. The molecular weight excluding hydrogens is 473 g/mol. The van der Waals surface area contributed by atoms with Crippen LogP contribution in [-0.4, -0.2) is 37.9 Å². The third kappa shape index (κ3) is 4.57. The van der Waals surface area contributed by atoms with Crippen molar-refractivity contribution in [2.45, 2.75) is 59.2 Å². The van der Waals surface area contributed by atoms with E-state index in [0.717, 1.165) is 23.1 Å². The zero-order chi connectivity index (χ0) is 26.5. The van der Waals surface area contributed by atoms with E-state index in [1.807, 2.05) is 43.3 Å². The fraction of sp³-hybridized carbons (Fsp3) is 0.345. The number of benzene rings is 2. The molecule has 4 aromatic rings. The van der Waals surface area contributed by atoms with E-state index in [2.05, 4.69) is 0 Å². The minimum atomic E-state index is -1.34. The molecule has 1 N–H and O–H groups in total. The Morgan fingerprint density at radius 1 is 1.19 bits per heavy atom. The van der Waals surface area contributed by atoms with Gasteiger partial charge >= 0.3 is 5.97 Å². The number of aliphatic carboxylic acids is 1. The molecule has 1 atom stereocenters. The Bertz CT molecular complexity index is 1510. The summed E-state index contributed by atoms with van der Waals surface area (Å²) in [7, 11) is 0. The summed E-state index contributed by atoms with van der Waals surface area (Å²) in [5.41, 5.74) is 4.76. The van der Waals surface area contributed by atoms with E-state index < -0.39 is 23.5 Å². The molecule has 192 valence electrons. The van der Waals surface area contributed by atoms with Gasteiger partial charge in [0.15, 0.2) is 23.3 Å². The Hall–Kier alpha value is -3.78. The molecule has 0 saturated heterocycles. The van der Waals surface area contributed by atoms with Crippen molar-refractivity contribution in [3.8, 4) is 28.3 Å². The highest BCUT2D eigenvalue weighted by Gasteiger charge is 2.34. The van der Waals surface area contributed by atoms with Gasteiger partial charge in [0.1, 0.15) is 0 Å². The normalized spacial score (nSPS) is 14.3. The van der Waals surface area contributed by atoms with E-state index in [9.17, 15) is 9.90 Å². The zero-order valence-corrected chi connectivity index (χ0v) is 21.6. The van der Waals surface area contributed by atoms with Crippen molar-refractivity contribution < 1.29 is 23.8 Å². The Morgan fingerprint density at radius 2 is 1.92 bits per heavy atom. The highest BCUT2D eigenvalue weighted by molar-refractivity contribution is 5.82. The first-order valence-electron chi connectivity index (χ1n) is 12.4. The lowest BCUT2D eigenvalue weighted by Gasteiger charge is -2.28. The fourth-order valence-electron chi connectivity index (χ4n) is 4.95. The number of halogens is 1. The summed E-state index contributed by atoms with van der Waals surface area (Å²) in [6.07, 6.45) is 0.106. The van der Waals surface area contributed by atoms with E-state index >= 15 is 4.39 Å². The number of aryl methyl sites for hydroxylation is 1. The number of rotatable bonds is 5. The number of hydrogen-bond donors (Lipinski definition) is 1. The van der Waals surface area contributed by atoms with Gasteiger partial charge in [0.2, 0.25) is 0 Å². The smallest absolute Gasteiger partial charge is 0.337 e. The molecule has 2 aromatic carbocycles. The van der Waals surface area contributed by atoms with Gasteiger partial charge < -0.3 is 14.6 Å². The van der Waals surface area contributed by atoms with Gasteiger partial charge in [-0.3, -0.25) is 0 Å². The van der Waals surface area contributed by atoms with Gasteiger partial charge in [0.05, 0.1) is 23.6 Å². The molecule has 0 radical (unpaired) electrons. The Balaban J connectivity index is 1.87. The molecule has 37 heavy (non-hydrogen) atoms. The number of aromatic nitrogens is 3. The van der Waals surface area contributed by atoms with E-state index in [1.54, 1.807) is 32.2 Å². The van der Waals surface area contributed by atoms with Crippen LogP contribution in [0, 0.1) is 19.7 Å². The van der Waals surface area contributed by atoms with Crippen molar-refractivity contribution in [3.05, 3.63) is 70.7 Å². The topological polar surface area (TPSA) is 86.0 Å². The number of nitrogens with zero attached hydrogens (tertiary/aromatic N) is 3. The van der Waals surface area contributed by atoms with E-state index in [4.69, 9.17) is 19.6 Å². The monoisotopic (exact) mass is 503 g/mol. The van der Waals surface area contributed by atoms with Crippen LogP contribution < -0.4 is 4.74 Å². The molecule has 2 aromatic heterocycles. The van der Waals surface area contributed by atoms with Gasteiger partial charge in [-0.05, 0) is 59.1 Å². The Morgan fingerprint density at radius 3 is 2.59 bits per heavy atom. The van der Waals surface area contributed by atoms with E-state index in [0.29, 0.717) is 46.9 Å². The fourth-order valence-corrected chi connectivity index (χ4v) is 4.95. The first-order valence-corrected chi connectivity index (χ1v) is 12.4. The van der Waals surface area contributed by atoms with Crippen LogP contribution in [0.15, 0.2) is 42.5 Å². The molecular formula is C29H30FN3O4. The molecule has 1 aliphatic heterocycles. The molecule has 1 aliphatic rings. The second-order valence-corrected chi connectivity index (χ2v) is 10.4. The van der Waals surface area contributed by atoms with Gasteiger partial charge in [-0.2, -0.15) is 5.10 Å². The van der Waals surface area contributed by atoms with Gasteiger partial charge in [0.25, 0.3) is 0 Å². The molecule has 3 heterocycles. The van der Waals surface area contributed by atoms with Crippen molar-refractivity contribution in [1.82, 2.24) is 14.6 Å². The first kappa shape index (κ1) is 24.9. The largest absolute Gasteiger partial charge is 0.490 e. The average molecular weight is 504 g/mol. The number of carboxylic acids is 1. The van der Waals surface area contributed by atoms with Crippen LogP contribution in [0.25, 0.3) is 28.2 Å². The predicted octanol–water partition coefficient (Wildman–Crippen LogP) is 6.09. The molecule has 0 aliphatic carbocycles. The first-order chi connectivity index (χ1) is 17.5. The number of ether oxygens (including phenoxy) is 2. The summed E-state index contributed by atoms with van der Waals surface area (Å²) in [5.74, 6) is -1.37. The molecule has 0 unspecified atom stereocenters. The molecule has 0 amide bonds. The second-order valence-electron chi connectivity index (χ2n) is 10.4. The van der Waals surface area contributed by atoms with Crippen LogP contribution in [0.2, 0.25) is 0 Å². The van der Waals surface area contributed by atoms with Crippen molar-refractivity contribution in [3.63, 3.8) is 0 Å². The van der Waals surface area contributed by atoms with Gasteiger partial charge in [-0.25, -0.2) is 18.7 Å². The minimum Gasteiger partial charge on any atom is -0.490 e. The number of carbonyl (C=O) groups is 1. The van der Waals surface area contributed by atoms with Crippen LogP contribution in [0.3, 0.4) is 0 Å². The quantitative estimate of drug-likeness (QED) is 0.355. The van der Waals surface area contributed by atoms with Crippen LogP contribution in [0.5, 0.6) is 5.75 Å². The standard InChI is InChI=1S/C29H30FN3O4/c1-16-19-12-9-13-36-26(19)21(30)14-20(16)25-24(27(28(34)35)37-29(3,4)5)17(2)31-23-15-22(32-33(23)25)18-10-7-6-8-11-18/h6-8,10-11,14-15,27H,9,12-13H2,1-5H3,(H,34,35)/t27-/m0/s1. The molecule has 0 spiro atoms. The summed E-state index contributed by atoms with van der Waals surface area (Å²) in [4.78, 5) is 17.3. The number of carboxylic acid groups (broad SMARTS) is 1. The third-order valence-corrected chi connectivity index (χ3v) is 6.55. The Kier molecular flexibility index (Phi) is 6.23. The number of fused-ring (bicyclic) bond motifs is 2. The Labute approximate surface area is 214 Å². The highest BCUT2D eigenvalue weighted by Crippen LogP contribution is 2.42. The van der Waals surface area contributed by atoms with Crippen molar-refractivity contribution in [2.75, 3.05) is 6.61 Å². The van der Waals surface area contributed by atoms with Crippen molar-refractivity contribution >= 4 is 11.6 Å². The molecule has 7 nitrogen and oxygen atoms in total. The predicted molar refractivity (Wildman–Crippen MR) is 138 cm³/mol. The average Bonchev–Trinajstić information content (AvgIpc) is 3.28. The summed E-state index contributed by atoms with van der Waals surface area (Å²) in [5, 5.41) is 15.1. The van der Waals surface area contributed by atoms with Gasteiger partial charge in [0, 0.05) is 34.0 Å². The van der Waals surface area contributed by atoms with Gasteiger partial charge in [-0.1, -0.05) is 30.3 Å². The molecule has 0 saturated carbocycles. The lowest BCUT2D eigenvalue weighted by atomic mass is 9.91. The summed E-state index contributed by atoms with van der Waals surface area (Å²) in [6, 6.07) is 12.9. The van der Waals surface area contributed by atoms with E-state index in [1.165, 1.54) is 6.07 Å². The lowest BCUT2D eigenvalue weighted by Crippen LogP contribution is -2.29. The van der Waals surface area contributed by atoms with E-state index in [-0.39, 0.29) is 5.75 Å². The van der Waals surface area contributed by atoms with Crippen LogP contribution in [0.4, 0.5) is 4.39 Å². The van der Waals surface area contributed by atoms with Crippen LogP contribution >= 0.6 is 0 Å². The molecule has 8 heteroatoms. The maximum absolute atomic E-state index is 15.4.